The van der Waals surface area contributed by atoms with E-state index in [4.69, 9.17) is 4.55 Å². The number of hydrogen-bond acceptors (Lipinski definition) is 5. The fourth-order valence-electron chi connectivity index (χ4n) is 0.578. The van der Waals surface area contributed by atoms with Crippen molar-refractivity contribution >= 4 is 16.1 Å². The minimum absolute atomic E-state index is 0.185. The van der Waals surface area contributed by atoms with Crippen LogP contribution in [-0.2, 0) is 19.6 Å². The van der Waals surface area contributed by atoms with E-state index in [0.29, 0.717) is 0 Å². The molecular formula is C9H14N2O5S. The summed E-state index contributed by atoms with van der Waals surface area (Å²) in [4.78, 5) is 17.0. The average Bonchev–Trinajstić information content (AvgIpc) is 2.72. The minimum Gasteiger partial charge on any atom is -0.461 e. The summed E-state index contributed by atoms with van der Waals surface area (Å²) in [6.07, 6.45) is 5.08. The zero-order chi connectivity index (χ0) is 13.3. The number of esters is 1. The molecule has 0 unspecified atom stereocenters. The molecule has 0 amide bonds. The number of hydrogen-bond donors (Lipinski definition) is 2. The first-order chi connectivity index (χ1) is 7.83. The number of rotatable bonds is 4. The summed E-state index contributed by atoms with van der Waals surface area (Å²) in [5, 5.41) is 0. The van der Waals surface area contributed by atoms with Gasteiger partial charge in [-0.15, -0.1) is 0 Å². The highest BCUT2D eigenvalue weighted by molar-refractivity contribution is 7.85. The number of H-pyrrole nitrogens is 1. The Kier molecular flexibility index (Phi) is 6.83. The van der Waals surface area contributed by atoms with Crippen molar-refractivity contribution in [3.05, 3.63) is 30.9 Å². The Hall–Kier alpha value is -1.67. The van der Waals surface area contributed by atoms with E-state index in [2.05, 4.69) is 21.3 Å². The maximum absolute atomic E-state index is 10.6. The molecule has 0 spiro atoms. The normalized spacial score (nSPS) is 10.0. The summed E-state index contributed by atoms with van der Waals surface area (Å²) in [6.45, 7) is 4.37. The highest BCUT2D eigenvalue weighted by Crippen LogP contribution is 1.92. The van der Waals surface area contributed by atoms with E-state index in [9.17, 15) is 13.2 Å². The number of nitrogens with zero attached hydrogens (tertiary/aromatic N) is 1. The van der Waals surface area contributed by atoms with Crippen molar-refractivity contribution in [2.75, 3.05) is 12.4 Å². The summed E-state index contributed by atoms with van der Waals surface area (Å²) in [7, 11) is -4.05. The summed E-state index contributed by atoms with van der Waals surface area (Å²) < 4.78 is 32.9. The Labute approximate surface area is 99.3 Å². The van der Waals surface area contributed by atoms with E-state index in [1.807, 2.05) is 0 Å². The molecule has 8 heteroatoms. The van der Waals surface area contributed by atoms with Crippen molar-refractivity contribution in [3.8, 4) is 0 Å². The molecule has 7 nitrogen and oxygen atoms in total. The van der Waals surface area contributed by atoms with Crippen LogP contribution < -0.4 is 0 Å². The molecule has 0 aliphatic rings. The van der Waals surface area contributed by atoms with Crippen LogP contribution in [0, 0.1) is 0 Å². The SMILES string of the molecule is C=C(C)C(=O)OCCS(=O)(=O)O.c1c[nH]cn1. The fraction of sp³-hybridized carbons (Fsp3) is 0.333. The van der Waals surface area contributed by atoms with Crippen LogP contribution >= 0.6 is 0 Å². The molecule has 2 N–H and O–H groups in total. The van der Waals surface area contributed by atoms with Crippen LogP contribution in [0.2, 0.25) is 0 Å². The fourth-order valence-corrected chi connectivity index (χ4v) is 0.872. The minimum atomic E-state index is -4.05. The van der Waals surface area contributed by atoms with Gasteiger partial charge in [-0.1, -0.05) is 6.58 Å². The first kappa shape index (κ1) is 15.3. The maximum Gasteiger partial charge on any atom is 0.333 e. The van der Waals surface area contributed by atoms with Gasteiger partial charge < -0.3 is 9.72 Å². The highest BCUT2D eigenvalue weighted by Gasteiger charge is 2.07. The summed E-state index contributed by atoms with van der Waals surface area (Å²) in [5.41, 5.74) is 0.185. The third-order valence-corrected chi connectivity index (χ3v) is 2.01. The van der Waals surface area contributed by atoms with Gasteiger partial charge in [-0.05, 0) is 6.92 Å². The van der Waals surface area contributed by atoms with Gasteiger partial charge in [0.2, 0.25) is 0 Å². The molecule has 1 rings (SSSR count). The molecule has 0 fully saturated rings. The van der Waals surface area contributed by atoms with E-state index < -0.39 is 21.8 Å². The van der Waals surface area contributed by atoms with E-state index >= 15 is 0 Å². The Balaban J connectivity index is 0.000000419. The number of aromatic amines is 1. The first-order valence-corrected chi connectivity index (χ1v) is 6.14. The molecule has 0 bridgehead atoms. The Morgan fingerprint density at radius 2 is 2.24 bits per heavy atom. The van der Waals surface area contributed by atoms with E-state index in [-0.39, 0.29) is 12.2 Å². The van der Waals surface area contributed by atoms with Crippen LogP contribution in [0.5, 0.6) is 0 Å². The van der Waals surface area contributed by atoms with Crippen molar-refractivity contribution in [1.82, 2.24) is 9.97 Å². The molecule has 0 atom stereocenters. The van der Waals surface area contributed by atoms with Crippen LogP contribution in [0.3, 0.4) is 0 Å². The molecule has 1 aromatic rings. The number of carbonyl (C=O) groups excluding carboxylic acids is 1. The molecule has 0 aromatic carbocycles. The molecule has 0 aliphatic heterocycles. The second-order valence-electron chi connectivity index (χ2n) is 2.96. The predicted molar refractivity (Wildman–Crippen MR) is 60.8 cm³/mol. The lowest BCUT2D eigenvalue weighted by Gasteiger charge is -2.01. The molecule has 0 radical (unpaired) electrons. The number of ether oxygens (including phenoxy) is 1. The molecule has 96 valence electrons. The van der Waals surface area contributed by atoms with Gasteiger partial charge in [-0.3, -0.25) is 4.55 Å². The monoisotopic (exact) mass is 262 g/mol. The second kappa shape index (κ2) is 7.58. The third kappa shape index (κ3) is 10.6. The van der Waals surface area contributed by atoms with Crippen molar-refractivity contribution in [3.63, 3.8) is 0 Å². The predicted octanol–water partition coefficient (Wildman–Crippen LogP) is 0.403. The molecule has 1 heterocycles. The summed E-state index contributed by atoms with van der Waals surface area (Å²) >= 11 is 0. The lowest BCUT2D eigenvalue weighted by atomic mass is 10.4. The third-order valence-electron chi connectivity index (χ3n) is 1.33. The smallest absolute Gasteiger partial charge is 0.333 e. The lowest BCUT2D eigenvalue weighted by Crippen LogP contribution is -2.14. The zero-order valence-corrected chi connectivity index (χ0v) is 10.1. The lowest BCUT2D eigenvalue weighted by molar-refractivity contribution is -0.138. The van der Waals surface area contributed by atoms with Crippen molar-refractivity contribution < 1.29 is 22.5 Å². The van der Waals surface area contributed by atoms with E-state index in [1.165, 1.54) is 6.92 Å². The summed E-state index contributed by atoms with van der Waals surface area (Å²) in [6, 6.07) is 0. The first-order valence-electron chi connectivity index (χ1n) is 4.53. The standard InChI is InChI=1S/C6H10O5S.C3H4N2/c1-5(2)6(7)11-3-4-12(8,9)10;1-2-5-3-4-1/h1,3-4H2,2H3,(H,8,9,10);1-3H,(H,4,5). The average molecular weight is 262 g/mol. The van der Waals surface area contributed by atoms with Gasteiger partial charge in [0.1, 0.15) is 12.4 Å². The van der Waals surface area contributed by atoms with E-state index in [0.717, 1.165) is 0 Å². The number of carbonyl (C=O) groups is 1. The van der Waals surface area contributed by atoms with Gasteiger partial charge in [0.15, 0.2) is 0 Å². The highest BCUT2D eigenvalue weighted by atomic mass is 32.2. The van der Waals surface area contributed by atoms with Gasteiger partial charge in [0, 0.05) is 18.0 Å². The number of imidazole rings is 1. The molecular weight excluding hydrogens is 248 g/mol. The van der Waals surface area contributed by atoms with Gasteiger partial charge in [-0.2, -0.15) is 8.42 Å². The Morgan fingerprint density at radius 1 is 1.59 bits per heavy atom. The van der Waals surface area contributed by atoms with Gasteiger partial charge in [0.25, 0.3) is 10.1 Å². The second-order valence-corrected chi connectivity index (χ2v) is 4.53. The zero-order valence-electron chi connectivity index (χ0n) is 9.29. The maximum atomic E-state index is 10.6. The Morgan fingerprint density at radius 3 is 2.53 bits per heavy atom. The van der Waals surface area contributed by atoms with Crippen LogP contribution in [0.15, 0.2) is 30.9 Å². The van der Waals surface area contributed by atoms with Gasteiger partial charge in [0.05, 0.1) is 6.33 Å². The van der Waals surface area contributed by atoms with Gasteiger partial charge in [-0.25, -0.2) is 9.78 Å². The van der Waals surface area contributed by atoms with Crippen LogP contribution in [0.4, 0.5) is 0 Å². The topological polar surface area (TPSA) is 109 Å². The molecule has 0 saturated heterocycles. The number of aromatic nitrogens is 2. The number of nitrogens with one attached hydrogen (secondary N) is 1. The van der Waals surface area contributed by atoms with E-state index in [1.54, 1.807) is 18.7 Å². The molecule has 1 aromatic heterocycles. The molecule has 0 aliphatic carbocycles. The largest absolute Gasteiger partial charge is 0.461 e. The molecule has 0 saturated carbocycles. The van der Waals surface area contributed by atoms with Crippen LogP contribution in [-0.4, -0.2) is 41.3 Å². The van der Waals surface area contributed by atoms with Gasteiger partial charge >= 0.3 is 5.97 Å². The molecule has 17 heavy (non-hydrogen) atoms. The van der Waals surface area contributed by atoms with Crippen LogP contribution in [0.25, 0.3) is 0 Å². The summed E-state index contributed by atoms with van der Waals surface area (Å²) in [5.74, 6) is -1.26. The van der Waals surface area contributed by atoms with Crippen LogP contribution in [0.1, 0.15) is 6.92 Å². The van der Waals surface area contributed by atoms with Crippen molar-refractivity contribution in [2.45, 2.75) is 6.92 Å². The van der Waals surface area contributed by atoms with Crippen molar-refractivity contribution in [2.24, 2.45) is 0 Å². The quantitative estimate of drug-likeness (QED) is 0.462. The Bertz CT molecular complexity index is 421. The van der Waals surface area contributed by atoms with Crippen molar-refractivity contribution in [1.29, 1.82) is 0 Å².